The fourth-order valence-electron chi connectivity index (χ4n) is 1.76. The zero-order valence-electron chi connectivity index (χ0n) is 11.0. The number of carboxylic acids is 1. The minimum Gasteiger partial charge on any atom is -0.481 e. The standard InChI is InChI=1S/C14H17ClFNO3/c15-10-6-5-7-11(16)13(10)14(20)17-9-4-2-1-3-8-12(18)19/h5-7H,1-4,8-9H2,(H,17,20)(H,18,19). The zero-order chi connectivity index (χ0) is 15.0. The summed E-state index contributed by atoms with van der Waals surface area (Å²) < 4.78 is 13.5. The van der Waals surface area contributed by atoms with Gasteiger partial charge in [0, 0.05) is 13.0 Å². The minimum absolute atomic E-state index is 0.0870. The second kappa shape index (κ2) is 8.53. The highest BCUT2D eigenvalue weighted by atomic mass is 35.5. The number of benzene rings is 1. The highest BCUT2D eigenvalue weighted by Gasteiger charge is 2.14. The molecule has 0 radical (unpaired) electrons. The van der Waals surface area contributed by atoms with E-state index in [1.165, 1.54) is 18.2 Å². The summed E-state index contributed by atoms with van der Waals surface area (Å²) in [5, 5.41) is 11.1. The number of hydrogen-bond donors (Lipinski definition) is 2. The lowest BCUT2D eigenvalue weighted by atomic mass is 10.1. The van der Waals surface area contributed by atoms with E-state index in [0.717, 1.165) is 19.3 Å². The van der Waals surface area contributed by atoms with Gasteiger partial charge in [-0.25, -0.2) is 4.39 Å². The summed E-state index contributed by atoms with van der Waals surface area (Å²) >= 11 is 5.78. The van der Waals surface area contributed by atoms with Gasteiger partial charge in [-0.1, -0.05) is 30.5 Å². The summed E-state index contributed by atoms with van der Waals surface area (Å²) in [7, 11) is 0. The van der Waals surface area contributed by atoms with Crippen molar-refractivity contribution in [2.75, 3.05) is 6.54 Å². The first-order chi connectivity index (χ1) is 9.52. The molecule has 0 aliphatic carbocycles. The Kier molecular flexibility index (Phi) is 7.01. The number of carbonyl (C=O) groups is 2. The molecular formula is C14H17ClFNO3. The van der Waals surface area contributed by atoms with E-state index < -0.39 is 17.7 Å². The molecule has 1 amide bonds. The van der Waals surface area contributed by atoms with Crippen LogP contribution in [-0.2, 0) is 4.79 Å². The van der Waals surface area contributed by atoms with E-state index in [4.69, 9.17) is 16.7 Å². The SMILES string of the molecule is O=C(O)CCCCCCNC(=O)c1c(F)cccc1Cl. The maximum Gasteiger partial charge on any atom is 0.303 e. The van der Waals surface area contributed by atoms with Gasteiger partial charge in [0.25, 0.3) is 5.91 Å². The third-order valence-corrected chi connectivity index (χ3v) is 3.11. The molecule has 1 aromatic carbocycles. The van der Waals surface area contributed by atoms with Crippen LogP contribution in [0.4, 0.5) is 4.39 Å². The average molecular weight is 302 g/mol. The topological polar surface area (TPSA) is 66.4 Å². The maximum atomic E-state index is 13.5. The first kappa shape index (κ1) is 16.4. The zero-order valence-corrected chi connectivity index (χ0v) is 11.8. The summed E-state index contributed by atoms with van der Waals surface area (Å²) in [6.45, 7) is 0.413. The van der Waals surface area contributed by atoms with Crippen LogP contribution >= 0.6 is 11.6 Å². The molecule has 1 rings (SSSR count). The molecule has 0 bridgehead atoms. The highest BCUT2D eigenvalue weighted by molar-refractivity contribution is 6.33. The molecule has 0 unspecified atom stereocenters. The Bertz CT molecular complexity index is 459. The van der Waals surface area contributed by atoms with Crippen LogP contribution in [0, 0.1) is 5.82 Å². The molecule has 0 saturated carbocycles. The van der Waals surface area contributed by atoms with Gasteiger partial charge in [0.05, 0.1) is 10.6 Å². The van der Waals surface area contributed by atoms with E-state index in [9.17, 15) is 14.0 Å². The molecule has 20 heavy (non-hydrogen) atoms. The second-order valence-corrected chi connectivity index (χ2v) is 4.82. The van der Waals surface area contributed by atoms with E-state index in [1.54, 1.807) is 0 Å². The van der Waals surface area contributed by atoms with Crippen LogP contribution in [0.15, 0.2) is 18.2 Å². The van der Waals surface area contributed by atoms with E-state index in [1.807, 2.05) is 0 Å². The van der Waals surface area contributed by atoms with Crippen molar-refractivity contribution in [2.24, 2.45) is 0 Å². The van der Waals surface area contributed by atoms with Gasteiger partial charge in [0.2, 0.25) is 0 Å². The molecule has 0 saturated heterocycles. The predicted octanol–water partition coefficient (Wildman–Crippen LogP) is 3.24. The molecule has 0 heterocycles. The van der Waals surface area contributed by atoms with Crippen molar-refractivity contribution in [3.8, 4) is 0 Å². The van der Waals surface area contributed by atoms with Crippen LogP contribution in [0.3, 0.4) is 0 Å². The molecule has 4 nitrogen and oxygen atoms in total. The summed E-state index contributed by atoms with van der Waals surface area (Å²) in [4.78, 5) is 22.0. The third kappa shape index (κ3) is 5.57. The molecule has 0 spiro atoms. The number of carboxylic acid groups (broad SMARTS) is 1. The van der Waals surface area contributed by atoms with Gasteiger partial charge < -0.3 is 10.4 Å². The van der Waals surface area contributed by atoms with Gasteiger partial charge in [0.15, 0.2) is 0 Å². The van der Waals surface area contributed by atoms with Crippen LogP contribution in [-0.4, -0.2) is 23.5 Å². The van der Waals surface area contributed by atoms with E-state index in [-0.39, 0.29) is 17.0 Å². The van der Waals surface area contributed by atoms with Crippen molar-refractivity contribution in [1.29, 1.82) is 0 Å². The Morgan fingerprint density at radius 2 is 1.90 bits per heavy atom. The minimum atomic E-state index is -0.799. The van der Waals surface area contributed by atoms with Gasteiger partial charge in [-0.15, -0.1) is 0 Å². The summed E-state index contributed by atoms with van der Waals surface area (Å²) in [5.74, 6) is -1.97. The van der Waals surface area contributed by atoms with E-state index in [2.05, 4.69) is 5.32 Å². The molecule has 6 heteroatoms. The van der Waals surface area contributed by atoms with Gasteiger partial charge in [-0.2, -0.15) is 0 Å². The van der Waals surface area contributed by atoms with Crippen molar-refractivity contribution in [2.45, 2.75) is 32.1 Å². The molecule has 0 aromatic heterocycles. The summed E-state index contributed by atoms with van der Waals surface area (Å²) in [6.07, 6.45) is 3.12. The van der Waals surface area contributed by atoms with Gasteiger partial charge in [-0.05, 0) is 25.0 Å². The maximum absolute atomic E-state index is 13.5. The molecule has 0 fully saturated rings. The van der Waals surface area contributed by atoms with Crippen molar-refractivity contribution in [3.63, 3.8) is 0 Å². The van der Waals surface area contributed by atoms with Crippen molar-refractivity contribution in [3.05, 3.63) is 34.6 Å². The molecule has 2 N–H and O–H groups in total. The quantitative estimate of drug-likeness (QED) is 0.724. The Balaban J connectivity index is 2.25. The largest absolute Gasteiger partial charge is 0.481 e. The lowest BCUT2D eigenvalue weighted by Gasteiger charge is -2.07. The first-order valence-electron chi connectivity index (χ1n) is 6.46. The monoisotopic (exact) mass is 301 g/mol. The Morgan fingerprint density at radius 1 is 1.20 bits per heavy atom. The molecule has 0 aliphatic heterocycles. The second-order valence-electron chi connectivity index (χ2n) is 4.41. The van der Waals surface area contributed by atoms with Crippen LogP contribution in [0.1, 0.15) is 42.5 Å². The number of aliphatic carboxylic acids is 1. The Hall–Kier alpha value is -1.62. The number of nitrogens with one attached hydrogen (secondary N) is 1. The van der Waals surface area contributed by atoms with Gasteiger partial charge >= 0.3 is 5.97 Å². The van der Waals surface area contributed by atoms with Crippen LogP contribution in [0.2, 0.25) is 5.02 Å². The Morgan fingerprint density at radius 3 is 2.55 bits per heavy atom. The molecule has 0 aliphatic rings. The molecular weight excluding hydrogens is 285 g/mol. The lowest BCUT2D eigenvalue weighted by molar-refractivity contribution is -0.137. The molecule has 1 aromatic rings. The van der Waals surface area contributed by atoms with Gasteiger partial charge in [0.1, 0.15) is 5.82 Å². The average Bonchev–Trinajstić information content (AvgIpc) is 2.37. The smallest absolute Gasteiger partial charge is 0.303 e. The summed E-state index contributed by atoms with van der Waals surface area (Å²) in [6, 6.07) is 4.09. The number of halogens is 2. The number of rotatable bonds is 8. The number of unbranched alkanes of at least 4 members (excludes halogenated alkanes) is 3. The van der Waals surface area contributed by atoms with Crippen molar-refractivity contribution < 1.29 is 19.1 Å². The lowest BCUT2D eigenvalue weighted by Crippen LogP contribution is -2.25. The fraction of sp³-hybridized carbons (Fsp3) is 0.429. The fourth-order valence-corrected chi connectivity index (χ4v) is 2.01. The highest BCUT2D eigenvalue weighted by Crippen LogP contribution is 2.18. The predicted molar refractivity (Wildman–Crippen MR) is 74.5 cm³/mol. The first-order valence-corrected chi connectivity index (χ1v) is 6.84. The number of amides is 1. The van der Waals surface area contributed by atoms with Gasteiger partial charge in [-0.3, -0.25) is 9.59 Å². The Labute approximate surface area is 121 Å². The van der Waals surface area contributed by atoms with Crippen LogP contribution in [0.25, 0.3) is 0 Å². The van der Waals surface area contributed by atoms with Crippen molar-refractivity contribution in [1.82, 2.24) is 5.32 Å². The van der Waals surface area contributed by atoms with Crippen molar-refractivity contribution >= 4 is 23.5 Å². The molecule has 110 valence electrons. The third-order valence-electron chi connectivity index (χ3n) is 2.79. The van der Waals surface area contributed by atoms with E-state index >= 15 is 0 Å². The van der Waals surface area contributed by atoms with E-state index in [0.29, 0.717) is 13.0 Å². The molecule has 0 atom stereocenters. The summed E-state index contributed by atoms with van der Waals surface area (Å²) in [5.41, 5.74) is -0.139. The number of carbonyl (C=O) groups excluding carboxylic acids is 1. The van der Waals surface area contributed by atoms with Crippen LogP contribution < -0.4 is 5.32 Å². The normalized spacial score (nSPS) is 10.3. The number of hydrogen-bond acceptors (Lipinski definition) is 2. The van der Waals surface area contributed by atoms with Crippen LogP contribution in [0.5, 0.6) is 0 Å².